The number of amides is 1. The van der Waals surface area contributed by atoms with E-state index in [1.54, 1.807) is 24.8 Å². The van der Waals surface area contributed by atoms with Crippen LogP contribution in [0.3, 0.4) is 0 Å². The van der Waals surface area contributed by atoms with Gasteiger partial charge in [-0.3, -0.25) is 9.59 Å². The molecule has 3 rings (SSSR count). The molecule has 0 aromatic heterocycles. The summed E-state index contributed by atoms with van der Waals surface area (Å²) in [6, 6.07) is 12.1. The normalized spacial score (nSPS) is 15.0. The van der Waals surface area contributed by atoms with Gasteiger partial charge in [-0.15, -0.1) is 0 Å². The van der Waals surface area contributed by atoms with Crippen LogP contribution in [0.4, 0.5) is 0 Å². The molecule has 0 bridgehead atoms. The Morgan fingerprint density at radius 1 is 1.00 bits per heavy atom. The van der Waals surface area contributed by atoms with Crippen LogP contribution in [0.2, 0.25) is 0 Å². The van der Waals surface area contributed by atoms with E-state index in [9.17, 15) is 18.0 Å². The van der Waals surface area contributed by atoms with E-state index in [0.29, 0.717) is 50.1 Å². The minimum absolute atomic E-state index is 0.0102. The van der Waals surface area contributed by atoms with E-state index in [4.69, 9.17) is 4.74 Å². The van der Waals surface area contributed by atoms with Gasteiger partial charge in [-0.2, -0.15) is 4.31 Å². The zero-order chi connectivity index (χ0) is 24.2. The molecule has 1 amide bonds. The molecule has 1 fully saturated rings. The lowest BCUT2D eigenvalue weighted by Gasteiger charge is -2.31. The Morgan fingerprint density at radius 2 is 1.58 bits per heavy atom. The summed E-state index contributed by atoms with van der Waals surface area (Å²) in [5.74, 6) is -0.0406. The van der Waals surface area contributed by atoms with Gasteiger partial charge in [0.05, 0.1) is 7.11 Å². The van der Waals surface area contributed by atoms with E-state index in [0.717, 1.165) is 5.56 Å². The number of piperidine rings is 1. The molecule has 2 aromatic carbocycles. The van der Waals surface area contributed by atoms with Gasteiger partial charge in [-0.1, -0.05) is 43.7 Å². The van der Waals surface area contributed by atoms with Gasteiger partial charge in [0.15, 0.2) is 5.78 Å². The zero-order valence-corrected chi connectivity index (χ0v) is 20.5. The number of carbonyl (C=O) groups excluding carboxylic acids is 2. The molecule has 1 saturated heterocycles. The number of Topliss-reactive ketones (excluding diaryl/α,β-unsaturated/α-hetero) is 1. The topological polar surface area (TPSA) is 84.0 Å². The second-order valence-corrected chi connectivity index (χ2v) is 10.2. The van der Waals surface area contributed by atoms with Gasteiger partial charge >= 0.3 is 0 Å². The number of nitrogens with zero attached hydrogens (tertiary/aromatic N) is 2. The molecular formula is C25H32N2O5S. The Balaban J connectivity index is 1.75. The number of rotatable bonds is 8. The van der Waals surface area contributed by atoms with Crippen LogP contribution >= 0.6 is 0 Å². The fourth-order valence-electron chi connectivity index (χ4n) is 4.19. The first-order valence-electron chi connectivity index (χ1n) is 11.3. The Hall–Kier alpha value is -2.71. The first-order valence-corrected chi connectivity index (χ1v) is 12.7. The van der Waals surface area contributed by atoms with Crippen molar-refractivity contribution in [2.75, 3.05) is 33.3 Å². The molecule has 0 saturated carbocycles. The fraction of sp³-hybridized carbons (Fsp3) is 0.440. The van der Waals surface area contributed by atoms with Gasteiger partial charge in [-0.05, 0) is 38.0 Å². The highest BCUT2D eigenvalue weighted by molar-refractivity contribution is 7.89. The Kier molecular flexibility index (Phi) is 7.92. The minimum Gasteiger partial charge on any atom is -0.495 e. The van der Waals surface area contributed by atoms with E-state index >= 15 is 0 Å². The number of hydrogen-bond acceptors (Lipinski definition) is 5. The van der Waals surface area contributed by atoms with E-state index in [2.05, 4.69) is 0 Å². The lowest BCUT2D eigenvalue weighted by atomic mass is 9.88. The van der Waals surface area contributed by atoms with Crippen LogP contribution < -0.4 is 4.74 Å². The van der Waals surface area contributed by atoms with E-state index in [1.807, 2.05) is 31.2 Å². The summed E-state index contributed by atoms with van der Waals surface area (Å²) in [5.41, 5.74) is 2.10. The van der Waals surface area contributed by atoms with Crippen molar-refractivity contribution in [2.45, 2.75) is 38.5 Å². The van der Waals surface area contributed by atoms with Crippen LogP contribution in [0.1, 0.15) is 53.0 Å². The highest BCUT2D eigenvalue weighted by Crippen LogP contribution is 2.29. The average Bonchev–Trinajstić information content (AvgIpc) is 2.84. The van der Waals surface area contributed by atoms with E-state index in [-0.39, 0.29) is 28.3 Å². The third-order valence-corrected chi connectivity index (χ3v) is 8.29. The lowest BCUT2D eigenvalue weighted by Crippen LogP contribution is -2.40. The van der Waals surface area contributed by atoms with E-state index < -0.39 is 10.0 Å². The molecule has 1 aliphatic rings. The van der Waals surface area contributed by atoms with Crippen LogP contribution in [-0.4, -0.2) is 62.6 Å². The molecular weight excluding hydrogens is 440 g/mol. The molecule has 2 aromatic rings. The van der Waals surface area contributed by atoms with Crippen molar-refractivity contribution < 1.29 is 22.7 Å². The van der Waals surface area contributed by atoms with Crippen molar-refractivity contribution in [3.8, 4) is 5.75 Å². The standard InChI is InChI=1S/C25H32N2O5S/c1-5-27(6-2)33(30,31)23-17-21(11-12-22(23)32-4)25(29)26-15-13-20(14-16-26)24(28)19-9-7-18(3)8-10-19/h7-12,17,20H,5-6,13-16H2,1-4H3. The molecule has 0 N–H and O–H groups in total. The Morgan fingerprint density at radius 3 is 2.12 bits per heavy atom. The number of ketones is 1. The average molecular weight is 473 g/mol. The predicted molar refractivity (Wildman–Crippen MR) is 127 cm³/mol. The van der Waals surface area contributed by atoms with Crippen LogP contribution in [0.5, 0.6) is 5.75 Å². The van der Waals surface area contributed by atoms with Crippen molar-refractivity contribution in [3.63, 3.8) is 0 Å². The number of benzene rings is 2. The van der Waals surface area contributed by atoms with Crippen LogP contribution in [0, 0.1) is 12.8 Å². The van der Waals surface area contributed by atoms with Gasteiger partial charge in [0.2, 0.25) is 10.0 Å². The Labute approximate surface area is 196 Å². The summed E-state index contributed by atoms with van der Waals surface area (Å²) >= 11 is 0. The summed E-state index contributed by atoms with van der Waals surface area (Å²) in [5, 5.41) is 0. The number of sulfonamides is 1. The van der Waals surface area contributed by atoms with Gasteiger partial charge in [0.1, 0.15) is 10.6 Å². The van der Waals surface area contributed by atoms with Gasteiger partial charge < -0.3 is 9.64 Å². The molecule has 0 spiro atoms. The molecule has 178 valence electrons. The lowest BCUT2D eigenvalue weighted by molar-refractivity contribution is 0.0650. The summed E-state index contributed by atoms with van der Waals surface area (Å²) in [6.45, 7) is 7.06. The monoisotopic (exact) mass is 472 g/mol. The first-order chi connectivity index (χ1) is 15.7. The summed E-state index contributed by atoms with van der Waals surface area (Å²) in [7, 11) is -2.38. The second-order valence-electron chi connectivity index (χ2n) is 8.25. The number of carbonyl (C=O) groups is 2. The fourth-order valence-corrected chi connectivity index (χ4v) is 5.83. The van der Waals surface area contributed by atoms with Crippen LogP contribution in [-0.2, 0) is 10.0 Å². The highest BCUT2D eigenvalue weighted by Gasteiger charge is 2.31. The van der Waals surface area contributed by atoms with E-state index in [1.165, 1.54) is 23.5 Å². The molecule has 1 heterocycles. The molecule has 7 nitrogen and oxygen atoms in total. The molecule has 0 aliphatic carbocycles. The molecule has 0 atom stereocenters. The van der Waals surface area contributed by atoms with Crippen molar-refractivity contribution >= 4 is 21.7 Å². The van der Waals surface area contributed by atoms with Gasteiger partial charge in [-0.25, -0.2) is 8.42 Å². The number of ether oxygens (including phenoxy) is 1. The maximum atomic E-state index is 13.2. The quantitative estimate of drug-likeness (QED) is 0.546. The molecule has 0 unspecified atom stereocenters. The van der Waals surface area contributed by atoms with Crippen molar-refractivity contribution in [1.29, 1.82) is 0 Å². The molecule has 1 aliphatic heterocycles. The number of aryl methyl sites for hydroxylation is 1. The maximum Gasteiger partial charge on any atom is 0.253 e. The minimum atomic E-state index is -3.79. The smallest absolute Gasteiger partial charge is 0.253 e. The Bertz CT molecular complexity index is 1100. The molecule has 8 heteroatoms. The predicted octanol–water partition coefficient (Wildman–Crippen LogP) is 3.77. The van der Waals surface area contributed by atoms with Crippen LogP contribution in [0.15, 0.2) is 47.4 Å². The van der Waals surface area contributed by atoms with Crippen molar-refractivity contribution in [2.24, 2.45) is 5.92 Å². The largest absolute Gasteiger partial charge is 0.495 e. The second kappa shape index (κ2) is 10.5. The summed E-state index contributed by atoms with van der Waals surface area (Å²) < 4.78 is 32.8. The SMILES string of the molecule is CCN(CC)S(=O)(=O)c1cc(C(=O)N2CCC(C(=O)c3ccc(C)cc3)CC2)ccc1OC. The molecule has 33 heavy (non-hydrogen) atoms. The number of methoxy groups -OCH3 is 1. The van der Waals surface area contributed by atoms with Crippen LogP contribution in [0.25, 0.3) is 0 Å². The third-order valence-electron chi connectivity index (χ3n) is 6.22. The summed E-state index contributed by atoms with van der Waals surface area (Å²) in [6.07, 6.45) is 1.17. The third kappa shape index (κ3) is 5.28. The number of likely N-dealkylation sites (tertiary alicyclic amines) is 1. The number of hydrogen-bond donors (Lipinski definition) is 0. The van der Waals surface area contributed by atoms with Crippen molar-refractivity contribution in [1.82, 2.24) is 9.21 Å². The summed E-state index contributed by atoms with van der Waals surface area (Å²) in [4.78, 5) is 27.7. The highest BCUT2D eigenvalue weighted by atomic mass is 32.2. The molecule has 0 radical (unpaired) electrons. The zero-order valence-electron chi connectivity index (χ0n) is 19.7. The van der Waals surface area contributed by atoms with Gasteiger partial charge in [0, 0.05) is 43.2 Å². The maximum absolute atomic E-state index is 13.2. The van der Waals surface area contributed by atoms with Crippen molar-refractivity contribution in [3.05, 3.63) is 59.2 Å². The van der Waals surface area contributed by atoms with Gasteiger partial charge in [0.25, 0.3) is 5.91 Å². The first kappa shape index (κ1) is 24.9.